The number of benzene rings is 2. The second kappa shape index (κ2) is 6.75. The molecule has 0 N–H and O–H groups in total. The summed E-state index contributed by atoms with van der Waals surface area (Å²) in [6.45, 7) is 4.66. The van der Waals surface area contributed by atoms with E-state index in [2.05, 4.69) is 37.3 Å². The number of furan rings is 1. The van der Waals surface area contributed by atoms with Crippen LogP contribution in [0.1, 0.15) is 48.1 Å². The quantitative estimate of drug-likeness (QED) is 0.627. The van der Waals surface area contributed by atoms with Crippen LogP contribution in [0.25, 0.3) is 0 Å². The number of aryl methyl sites for hydroxylation is 1. The highest BCUT2D eigenvalue weighted by Crippen LogP contribution is 2.50. The monoisotopic (exact) mass is 374 g/mol. The third-order valence-electron chi connectivity index (χ3n) is 5.25. The zero-order chi connectivity index (χ0) is 19.1. The summed E-state index contributed by atoms with van der Waals surface area (Å²) in [5, 5.41) is 6.97. The zero-order valence-corrected chi connectivity index (χ0v) is 16.0. The number of para-hydroxylation sites is 1. The first-order chi connectivity index (χ1) is 13.7. The van der Waals surface area contributed by atoms with Crippen molar-refractivity contribution >= 4 is 5.71 Å². The molecule has 0 fully saturated rings. The average Bonchev–Trinajstić information content (AvgIpc) is 3.39. The SMILES string of the molecule is CCOc1cccc2c1O[C@H](c1ccco1)N1N=C(c3ccc(C)cc3)C[C@@H]21. The van der Waals surface area contributed by atoms with Gasteiger partial charge in [0.1, 0.15) is 0 Å². The van der Waals surface area contributed by atoms with E-state index in [1.54, 1.807) is 6.26 Å². The molecule has 2 aromatic carbocycles. The molecule has 2 aliphatic rings. The molecule has 142 valence electrons. The Kier molecular flexibility index (Phi) is 4.08. The summed E-state index contributed by atoms with van der Waals surface area (Å²) in [6, 6.07) is 18.5. The molecule has 0 saturated heterocycles. The Morgan fingerprint density at radius 3 is 2.71 bits per heavy atom. The Balaban J connectivity index is 1.59. The second-order valence-electron chi connectivity index (χ2n) is 7.11. The van der Waals surface area contributed by atoms with Gasteiger partial charge in [-0.1, -0.05) is 42.0 Å². The molecule has 0 bridgehead atoms. The molecule has 5 heteroatoms. The van der Waals surface area contributed by atoms with Crippen LogP contribution in [0.2, 0.25) is 0 Å². The van der Waals surface area contributed by atoms with Crippen LogP contribution in [0, 0.1) is 6.92 Å². The fourth-order valence-electron chi connectivity index (χ4n) is 3.89. The van der Waals surface area contributed by atoms with E-state index in [4.69, 9.17) is 19.0 Å². The van der Waals surface area contributed by atoms with Gasteiger partial charge < -0.3 is 13.9 Å². The van der Waals surface area contributed by atoms with Crippen LogP contribution in [0.5, 0.6) is 11.5 Å². The van der Waals surface area contributed by atoms with E-state index in [0.29, 0.717) is 6.61 Å². The van der Waals surface area contributed by atoms with Gasteiger partial charge in [0.15, 0.2) is 17.3 Å². The van der Waals surface area contributed by atoms with Crippen molar-refractivity contribution in [1.29, 1.82) is 0 Å². The van der Waals surface area contributed by atoms with Crippen LogP contribution in [-0.4, -0.2) is 17.3 Å². The van der Waals surface area contributed by atoms with Gasteiger partial charge in [0.2, 0.25) is 6.23 Å². The van der Waals surface area contributed by atoms with Crippen LogP contribution < -0.4 is 9.47 Å². The van der Waals surface area contributed by atoms with E-state index in [1.165, 1.54) is 5.56 Å². The maximum Gasteiger partial charge on any atom is 0.246 e. The molecular formula is C23H22N2O3. The third-order valence-corrected chi connectivity index (χ3v) is 5.25. The lowest BCUT2D eigenvalue weighted by Crippen LogP contribution is -2.33. The Morgan fingerprint density at radius 1 is 1.11 bits per heavy atom. The highest BCUT2D eigenvalue weighted by atomic mass is 16.5. The standard InChI is InChI=1S/C23H22N2O3/c1-3-26-20-7-4-6-17-19-14-18(16-11-9-15(2)10-12-16)24-25(19)23(28-22(17)20)21-8-5-13-27-21/h4-13,19,23H,3,14H2,1-2H3/t19-,23+/m0/s1. The summed E-state index contributed by atoms with van der Waals surface area (Å²) in [5.41, 5.74) is 4.53. The fourth-order valence-corrected chi connectivity index (χ4v) is 3.89. The number of rotatable bonds is 4. The Morgan fingerprint density at radius 2 is 1.96 bits per heavy atom. The predicted octanol–water partition coefficient (Wildman–Crippen LogP) is 5.23. The van der Waals surface area contributed by atoms with Gasteiger partial charge in [-0.3, -0.25) is 0 Å². The van der Waals surface area contributed by atoms with Crippen molar-refractivity contribution in [2.24, 2.45) is 5.10 Å². The van der Waals surface area contributed by atoms with Gasteiger partial charge in [-0.2, -0.15) is 5.10 Å². The zero-order valence-electron chi connectivity index (χ0n) is 16.0. The van der Waals surface area contributed by atoms with Crippen LogP contribution >= 0.6 is 0 Å². The summed E-state index contributed by atoms with van der Waals surface area (Å²) < 4.78 is 17.9. The van der Waals surface area contributed by atoms with E-state index in [9.17, 15) is 0 Å². The van der Waals surface area contributed by atoms with Gasteiger partial charge in [0.05, 0.1) is 24.6 Å². The normalized spacial score (nSPS) is 20.2. The Labute approximate surface area is 164 Å². The van der Waals surface area contributed by atoms with Crippen LogP contribution in [-0.2, 0) is 0 Å². The molecule has 2 aliphatic heterocycles. The van der Waals surface area contributed by atoms with Crippen molar-refractivity contribution < 1.29 is 13.9 Å². The molecule has 5 nitrogen and oxygen atoms in total. The molecule has 0 aliphatic carbocycles. The van der Waals surface area contributed by atoms with E-state index < -0.39 is 6.23 Å². The van der Waals surface area contributed by atoms with Crippen molar-refractivity contribution in [1.82, 2.24) is 5.01 Å². The summed E-state index contributed by atoms with van der Waals surface area (Å²) >= 11 is 0. The van der Waals surface area contributed by atoms with Crippen LogP contribution in [0.4, 0.5) is 0 Å². The van der Waals surface area contributed by atoms with E-state index in [-0.39, 0.29) is 6.04 Å². The van der Waals surface area contributed by atoms with Gasteiger partial charge in [-0.05, 0) is 37.6 Å². The second-order valence-corrected chi connectivity index (χ2v) is 7.11. The Bertz CT molecular complexity index is 1010. The van der Waals surface area contributed by atoms with Crippen molar-refractivity contribution in [3.63, 3.8) is 0 Å². The van der Waals surface area contributed by atoms with Gasteiger partial charge in [0.25, 0.3) is 0 Å². The van der Waals surface area contributed by atoms with Crippen LogP contribution in [0.15, 0.2) is 70.4 Å². The number of hydrogen-bond acceptors (Lipinski definition) is 5. The third kappa shape index (κ3) is 2.74. The molecule has 0 unspecified atom stereocenters. The molecule has 0 amide bonds. The van der Waals surface area contributed by atoms with E-state index in [0.717, 1.165) is 40.5 Å². The molecule has 3 aromatic rings. The predicted molar refractivity (Wildman–Crippen MR) is 107 cm³/mol. The van der Waals surface area contributed by atoms with Crippen LogP contribution in [0.3, 0.4) is 0 Å². The molecule has 0 spiro atoms. The molecule has 2 atom stereocenters. The summed E-state index contributed by atoms with van der Waals surface area (Å²) in [7, 11) is 0. The van der Waals surface area contributed by atoms with Gasteiger partial charge in [0, 0.05) is 12.0 Å². The van der Waals surface area contributed by atoms with Crippen molar-refractivity contribution in [3.8, 4) is 11.5 Å². The summed E-state index contributed by atoms with van der Waals surface area (Å²) in [6.07, 6.45) is 2.06. The molecule has 0 radical (unpaired) electrons. The molecule has 0 saturated carbocycles. The number of hydrazone groups is 1. The first-order valence-electron chi connectivity index (χ1n) is 9.63. The topological polar surface area (TPSA) is 47.2 Å². The first kappa shape index (κ1) is 16.9. The number of fused-ring (bicyclic) bond motifs is 3. The van der Waals surface area contributed by atoms with Gasteiger partial charge in [-0.15, -0.1) is 0 Å². The lowest BCUT2D eigenvalue weighted by molar-refractivity contribution is -0.0344. The number of nitrogens with zero attached hydrogens (tertiary/aromatic N) is 2. The van der Waals surface area contributed by atoms with Crippen molar-refractivity contribution in [3.05, 3.63) is 83.3 Å². The Hall–Kier alpha value is -3.21. The minimum absolute atomic E-state index is 0.0792. The fraction of sp³-hybridized carbons (Fsp3) is 0.261. The minimum Gasteiger partial charge on any atom is -0.490 e. The molecular weight excluding hydrogens is 352 g/mol. The maximum absolute atomic E-state index is 6.38. The first-order valence-corrected chi connectivity index (χ1v) is 9.63. The highest BCUT2D eigenvalue weighted by Gasteiger charge is 2.43. The lowest BCUT2D eigenvalue weighted by atomic mass is 9.96. The summed E-state index contributed by atoms with van der Waals surface area (Å²) in [5.74, 6) is 2.28. The van der Waals surface area contributed by atoms with E-state index in [1.807, 2.05) is 36.2 Å². The smallest absolute Gasteiger partial charge is 0.246 e. The van der Waals surface area contributed by atoms with Gasteiger partial charge in [-0.25, -0.2) is 5.01 Å². The summed E-state index contributed by atoms with van der Waals surface area (Å²) in [4.78, 5) is 0. The average molecular weight is 374 g/mol. The largest absolute Gasteiger partial charge is 0.490 e. The maximum atomic E-state index is 6.38. The lowest BCUT2D eigenvalue weighted by Gasteiger charge is -2.37. The minimum atomic E-state index is -0.419. The molecule has 5 rings (SSSR count). The molecule has 3 heterocycles. The van der Waals surface area contributed by atoms with Gasteiger partial charge >= 0.3 is 0 Å². The number of hydrogen-bond donors (Lipinski definition) is 0. The van der Waals surface area contributed by atoms with Crippen molar-refractivity contribution in [2.75, 3.05) is 6.61 Å². The van der Waals surface area contributed by atoms with Crippen molar-refractivity contribution in [2.45, 2.75) is 32.5 Å². The molecule has 28 heavy (non-hydrogen) atoms. The number of ether oxygens (including phenoxy) is 2. The highest BCUT2D eigenvalue weighted by molar-refractivity contribution is 6.02. The molecule has 1 aromatic heterocycles. The van der Waals surface area contributed by atoms with E-state index >= 15 is 0 Å².